The van der Waals surface area contributed by atoms with Crippen molar-refractivity contribution in [3.63, 3.8) is 0 Å². The molecule has 0 saturated heterocycles. The first-order valence-electron chi connectivity index (χ1n) is 7.13. The normalized spacial score (nSPS) is 11.6. The molecule has 0 bridgehead atoms. The first-order chi connectivity index (χ1) is 8.92. The first kappa shape index (κ1) is 15.7. The Labute approximate surface area is 117 Å². The van der Waals surface area contributed by atoms with Crippen LogP contribution < -0.4 is 0 Å². The predicted octanol–water partition coefficient (Wildman–Crippen LogP) is 4.58. The van der Waals surface area contributed by atoms with E-state index >= 15 is 0 Å². The van der Waals surface area contributed by atoms with Gasteiger partial charge in [0.15, 0.2) is 0 Å². The van der Waals surface area contributed by atoms with Crippen LogP contribution in [0.4, 0.5) is 0 Å². The standard InChI is InChI=1S/C17H26O2/c1-14(2)9-8-12-17(3,4)16(18)19-13-15-10-6-5-7-11-15/h5-7,10-11,14H,8-9,12-13H2,1-4H3. The van der Waals surface area contributed by atoms with Gasteiger partial charge >= 0.3 is 5.97 Å². The maximum atomic E-state index is 12.1. The van der Waals surface area contributed by atoms with Crippen LogP contribution in [0, 0.1) is 11.3 Å². The third-order valence-electron chi connectivity index (χ3n) is 3.35. The topological polar surface area (TPSA) is 26.3 Å². The van der Waals surface area contributed by atoms with Crippen LogP contribution >= 0.6 is 0 Å². The molecular formula is C17H26O2. The summed E-state index contributed by atoms with van der Waals surface area (Å²) in [7, 11) is 0. The van der Waals surface area contributed by atoms with Gasteiger partial charge in [-0.05, 0) is 31.7 Å². The van der Waals surface area contributed by atoms with E-state index in [-0.39, 0.29) is 11.4 Å². The maximum absolute atomic E-state index is 12.1. The maximum Gasteiger partial charge on any atom is 0.311 e. The number of hydrogen-bond acceptors (Lipinski definition) is 2. The molecule has 1 aromatic carbocycles. The van der Waals surface area contributed by atoms with Crippen molar-refractivity contribution in [3.8, 4) is 0 Å². The van der Waals surface area contributed by atoms with Gasteiger partial charge in [-0.3, -0.25) is 4.79 Å². The van der Waals surface area contributed by atoms with Crippen molar-refractivity contribution in [1.82, 2.24) is 0 Å². The highest BCUT2D eigenvalue weighted by atomic mass is 16.5. The Kier molecular flexibility index (Phi) is 6.07. The van der Waals surface area contributed by atoms with E-state index < -0.39 is 0 Å². The van der Waals surface area contributed by atoms with Gasteiger partial charge in [-0.25, -0.2) is 0 Å². The minimum absolute atomic E-state index is 0.0971. The van der Waals surface area contributed by atoms with E-state index in [9.17, 15) is 4.79 Å². The summed E-state index contributed by atoms with van der Waals surface area (Å²) in [6.45, 7) is 8.73. The molecule has 2 heteroatoms. The monoisotopic (exact) mass is 262 g/mol. The molecule has 1 rings (SSSR count). The van der Waals surface area contributed by atoms with Crippen molar-refractivity contribution in [2.24, 2.45) is 11.3 Å². The molecule has 0 aliphatic heterocycles. The van der Waals surface area contributed by atoms with Gasteiger partial charge in [-0.1, -0.05) is 57.0 Å². The summed E-state index contributed by atoms with van der Waals surface area (Å²) in [6.07, 6.45) is 3.12. The highest BCUT2D eigenvalue weighted by Gasteiger charge is 2.28. The van der Waals surface area contributed by atoms with E-state index in [0.29, 0.717) is 12.5 Å². The minimum Gasteiger partial charge on any atom is -0.460 e. The second-order valence-corrected chi connectivity index (χ2v) is 6.23. The molecule has 0 heterocycles. The summed E-state index contributed by atoms with van der Waals surface area (Å²) >= 11 is 0. The molecule has 0 amide bonds. The fourth-order valence-corrected chi connectivity index (χ4v) is 1.97. The largest absolute Gasteiger partial charge is 0.460 e. The van der Waals surface area contributed by atoms with Gasteiger partial charge in [-0.2, -0.15) is 0 Å². The first-order valence-corrected chi connectivity index (χ1v) is 7.13. The number of carbonyl (C=O) groups excluding carboxylic acids is 1. The van der Waals surface area contributed by atoms with Crippen LogP contribution in [0.25, 0.3) is 0 Å². The number of benzene rings is 1. The van der Waals surface area contributed by atoms with E-state index in [1.807, 2.05) is 44.2 Å². The van der Waals surface area contributed by atoms with E-state index in [4.69, 9.17) is 4.74 Å². The molecule has 0 saturated carbocycles. The van der Waals surface area contributed by atoms with E-state index in [1.165, 1.54) is 0 Å². The smallest absolute Gasteiger partial charge is 0.311 e. The molecule has 0 unspecified atom stereocenters. The Balaban J connectivity index is 2.38. The highest BCUT2D eigenvalue weighted by Crippen LogP contribution is 2.26. The fraction of sp³-hybridized carbons (Fsp3) is 0.588. The average Bonchev–Trinajstić information content (AvgIpc) is 2.36. The van der Waals surface area contributed by atoms with Crippen molar-refractivity contribution < 1.29 is 9.53 Å². The van der Waals surface area contributed by atoms with E-state index in [2.05, 4.69) is 13.8 Å². The lowest BCUT2D eigenvalue weighted by atomic mass is 9.86. The summed E-state index contributed by atoms with van der Waals surface area (Å²) in [6, 6.07) is 9.81. The zero-order valence-electron chi connectivity index (χ0n) is 12.6. The molecule has 0 atom stereocenters. The Morgan fingerprint density at radius 1 is 1.21 bits per heavy atom. The van der Waals surface area contributed by atoms with E-state index in [0.717, 1.165) is 24.8 Å². The van der Waals surface area contributed by atoms with Crippen LogP contribution in [0.2, 0.25) is 0 Å². The number of esters is 1. The van der Waals surface area contributed by atoms with Crippen molar-refractivity contribution >= 4 is 5.97 Å². The van der Waals surface area contributed by atoms with Crippen LogP contribution in [0.3, 0.4) is 0 Å². The average molecular weight is 262 g/mol. The summed E-state index contributed by atoms with van der Waals surface area (Å²) in [5.74, 6) is 0.594. The Morgan fingerprint density at radius 3 is 2.42 bits per heavy atom. The molecule has 0 spiro atoms. The van der Waals surface area contributed by atoms with Crippen molar-refractivity contribution in [1.29, 1.82) is 0 Å². The molecule has 0 aliphatic rings. The molecule has 0 aliphatic carbocycles. The molecule has 19 heavy (non-hydrogen) atoms. The summed E-state index contributed by atoms with van der Waals surface area (Å²) in [4.78, 5) is 12.1. The summed E-state index contributed by atoms with van der Waals surface area (Å²) < 4.78 is 5.41. The van der Waals surface area contributed by atoms with E-state index in [1.54, 1.807) is 0 Å². The second kappa shape index (κ2) is 7.32. The van der Waals surface area contributed by atoms with Gasteiger partial charge < -0.3 is 4.74 Å². The van der Waals surface area contributed by atoms with Gasteiger partial charge in [0.25, 0.3) is 0 Å². The highest BCUT2D eigenvalue weighted by molar-refractivity contribution is 5.75. The zero-order valence-corrected chi connectivity index (χ0v) is 12.6. The molecule has 0 N–H and O–H groups in total. The molecule has 2 nitrogen and oxygen atoms in total. The number of carbonyl (C=O) groups is 1. The molecule has 106 valence electrons. The lowest BCUT2D eigenvalue weighted by Crippen LogP contribution is -2.26. The van der Waals surface area contributed by atoms with Crippen LogP contribution in [-0.4, -0.2) is 5.97 Å². The van der Waals surface area contributed by atoms with Crippen molar-refractivity contribution in [2.75, 3.05) is 0 Å². The second-order valence-electron chi connectivity index (χ2n) is 6.23. The van der Waals surface area contributed by atoms with Gasteiger partial charge in [-0.15, -0.1) is 0 Å². The number of ether oxygens (including phenoxy) is 1. The van der Waals surface area contributed by atoms with Crippen LogP contribution in [-0.2, 0) is 16.1 Å². The van der Waals surface area contributed by atoms with Gasteiger partial charge in [0.2, 0.25) is 0 Å². The molecule has 0 fully saturated rings. The van der Waals surface area contributed by atoms with Crippen LogP contribution in [0.5, 0.6) is 0 Å². The number of hydrogen-bond donors (Lipinski definition) is 0. The predicted molar refractivity (Wildman–Crippen MR) is 78.7 cm³/mol. The van der Waals surface area contributed by atoms with Gasteiger partial charge in [0.05, 0.1) is 5.41 Å². The molecule has 0 radical (unpaired) electrons. The SMILES string of the molecule is CC(C)CCCC(C)(C)C(=O)OCc1ccccc1. The lowest BCUT2D eigenvalue weighted by Gasteiger charge is -2.22. The zero-order chi connectivity index (χ0) is 14.3. The van der Waals surface area contributed by atoms with Gasteiger partial charge in [0, 0.05) is 0 Å². The van der Waals surface area contributed by atoms with Gasteiger partial charge in [0.1, 0.15) is 6.61 Å². The van der Waals surface area contributed by atoms with Crippen LogP contribution in [0.15, 0.2) is 30.3 Å². The molecule has 0 aromatic heterocycles. The Hall–Kier alpha value is -1.31. The third kappa shape index (κ3) is 5.91. The van der Waals surface area contributed by atoms with Crippen molar-refractivity contribution in [3.05, 3.63) is 35.9 Å². The Bertz CT molecular complexity index is 380. The van der Waals surface area contributed by atoms with Crippen molar-refractivity contribution in [2.45, 2.75) is 53.6 Å². The quantitative estimate of drug-likeness (QED) is 0.672. The number of rotatable bonds is 7. The molecule has 1 aromatic rings. The summed E-state index contributed by atoms with van der Waals surface area (Å²) in [5, 5.41) is 0. The van der Waals surface area contributed by atoms with Crippen LogP contribution in [0.1, 0.15) is 52.5 Å². The third-order valence-corrected chi connectivity index (χ3v) is 3.35. The Morgan fingerprint density at radius 2 is 1.84 bits per heavy atom. The molecular weight excluding hydrogens is 236 g/mol. The minimum atomic E-state index is -0.385. The fourth-order valence-electron chi connectivity index (χ4n) is 1.97. The lowest BCUT2D eigenvalue weighted by molar-refractivity contribution is -0.155. The summed E-state index contributed by atoms with van der Waals surface area (Å²) in [5.41, 5.74) is 0.651.